The maximum absolute atomic E-state index is 5.23. The van der Waals surface area contributed by atoms with Crippen molar-refractivity contribution in [1.29, 1.82) is 0 Å². The summed E-state index contributed by atoms with van der Waals surface area (Å²) in [6.45, 7) is 5.69. The first-order chi connectivity index (χ1) is 9.74. The first-order valence-electron chi connectivity index (χ1n) is 6.71. The monoisotopic (exact) mass is 292 g/mol. The van der Waals surface area contributed by atoms with E-state index in [9.17, 15) is 0 Å². The Labute approximate surface area is 123 Å². The van der Waals surface area contributed by atoms with Crippen molar-refractivity contribution in [2.24, 2.45) is 0 Å². The van der Waals surface area contributed by atoms with Crippen LogP contribution >= 0.6 is 11.3 Å². The standard InChI is InChI=1S/C14H20N4OS/c1-4-10(2)17-8-13-12(9-19-3)18-14(20-13)11-7-15-5-6-16-11/h5-7,10,17H,4,8-9H2,1-3H3. The van der Waals surface area contributed by atoms with Gasteiger partial charge in [-0.3, -0.25) is 9.97 Å². The smallest absolute Gasteiger partial charge is 0.144 e. The molecule has 0 spiro atoms. The molecule has 6 heteroatoms. The van der Waals surface area contributed by atoms with E-state index in [-0.39, 0.29) is 0 Å². The number of aromatic nitrogens is 3. The molecular formula is C14H20N4OS. The molecule has 5 nitrogen and oxygen atoms in total. The summed E-state index contributed by atoms with van der Waals surface area (Å²) in [4.78, 5) is 14.2. The van der Waals surface area contributed by atoms with Crippen LogP contribution < -0.4 is 5.32 Å². The van der Waals surface area contributed by atoms with Crippen LogP contribution in [0, 0.1) is 0 Å². The molecule has 2 aromatic rings. The first kappa shape index (κ1) is 15.0. The maximum atomic E-state index is 5.23. The van der Waals surface area contributed by atoms with Gasteiger partial charge in [0, 0.05) is 37.0 Å². The molecule has 0 aliphatic heterocycles. The third kappa shape index (κ3) is 3.82. The molecule has 2 heterocycles. The Morgan fingerprint density at radius 2 is 2.25 bits per heavy atom. The number of methoxy groups -OCH3 is 1. The zero-order valence-corrected chi connectivity index (χ0v) is 12.9. The van der Waals surface area contributed by atoms with Crippen LogP contribution in [0.3, 0.4) is 0 Å². The second-order valence-electron chi connectivity index (χ2n) is 4.60. The van der Waals surface area contributed by atoms with E-state index < -0.39 is 0 Å². The summed E-state index contributed by atoms with van der Waals surface area (Å²) in [5.74, 6) is 0. The Morgan fingerprint density at radius 3 is 2.90 bits per heavy atom. The molecule has 2 aromatic heterocycles. The lowest BCUT2D eigenvalue weighted by Gasteiger charge is -2.10. The molecule has 0 radical (unpaired) electrons. The Hall–Kier alpha value is -1.37. The van der Waals surface area contributed by atoms with Crippen molar-refractivity contribution in [3.05, 3.63) is 29.2 Å². The van der Waals surface area contributed by atoms with Crippen LogP contribution in [-0.4, -0.2) is 28.1 Å². The van der Waals surface area contributed by atoms with Gasteiger partial charge in [0.1, 0.15) is 10.7 Å². The molecule has 1 unspecified atom stereocenters. The van der Waals surface area contributed by atoms with Crippen molar-refractivity contribution in [2.45, 2.75) is 39.5 Å². The number of nitrogens with one attached hydrogen (secondary N) is 1. The summed E-state index contributed by atoms with van der Waals surface area (Å²) in [5.41, 5.74) is 1.79. The predicted octanol–water partition coefficient (Wildman–Crippen LogP) is 2.63. The number of ether oxygens (including phenoxy) is 1. The molecule has 0 fully saturated rings. The summed E-state index contributed by atoms with van der Waals surface area (Å²) in [5, 5.41) is 4.39. The van der Waals surface area contributed by atoms with Crippen molar-refractivity contribution in [3.63, 3.8) is 0 Å². The van der Waals surface area contributed by atoms with E-state index in [0.717, 1.165) is 29.4 Å². The number of hydrogen-bond acceptors (Lipinski definition) is 6. The van der Waals surface area contributed by atoms with Gasteiger partial charge < -0.3 is 10.1 Å². The fraction of sp³-hybridized carbons (Fsp3) is 0.500. The SMILES string of the molecule is CCC(C)NCc1sc(-c2cnccn2)nc1COC. The van der Waals surface area contributed by atoms with Gasteiger partial charge in [0.25, 0.3) is 0 Å². The molecule has 2 rings (SSSR count). The first-order valence-corrected chi connectivity index (χ1v) is 7.53. The van der Waals surface area contributed by atoms with Crippen molar-refractivity contribution < 1.29 is 4.74 Å². The normalized spacial score (nSPS) is 12.6. The molecule has 20 heavy (non-hydrogen) atoms. The molecule has 1 atom stereocenters. The minimum Gasteiger partial charge on any atom is -0.378 e. The van der Waals surface area contributed by atoms with Crippen molar-refractivity contribution >= 4 is 11.3 Å². The topological polar surface area (TPSA) is 59.9 Å². The highest BCUT2D eigenvalue weighted by Gasteiger charge is 2.13. The van der Waals surface area contributed by atoms with Gasteiger partial charge in [-0.05, 0) is 13.3 Å². The van der Waals surface area contributed by atoms with E-state index in [1.54, 1.807) is 37.0 Å². The summed E-state index contributed by atoms with van der Waals surface area (Å²) < 4.78 is 5.23. The van der Waals surface area contributed by atoms with Gasteiger partial charge in [0.05, 0.1) is 18.5 Å². The Kier molecular flexibility index (Phi) is 5.58. The van der Waals surface area contributed by atoms with Gasteiger partial charge in [-0.25, -0.2) is 4.98 Å². The Morgan fingerprint density at radius 1 is 1.40 bits per heavy atom. The van der Waals surface area contributed by atoms with E-state index in [1.807, 2.05) is 0 Å². The number of nitrogens with zero attached hydrogens (tertiary/aromatic N) is 3. The van der Waals surface area contributed by atoms with Gasteiger partial charge >= 0.3 is 0 Å². The van der Waals surface area contributed by atoms with Crippen LogP contribution in [0.2, 0.25) is 0 Å². The molecule has 0 aromatic carbocycles. The van der Waals surface area contributed by atoms with Gasteiger partial charge in [-0.15, -0.1) is 11.3 Å². The molecule has 0 saturated heterocycles. The number of rotatable bonds is 7. The summed E-state index contributed by atoms with van der Waals surface area (Å²) in [7, 11) is 1.69. The highest BCUT2D eigenvalue weighted by atomic mass is 32.1. The van der Waals surface area contributed by atoms with Crippen molar-refractivity contribution in [3.8, 4) is 10.7 Å². The Balaban J connectivity index is 2.19. The van der Waals surface area contributed by atoms with E-state index >= 15 is 0 Å². The van der Waals surface area contributed by atoms with Crippen LogP contribution in [0.25, 0.3) is 10.7 Å². The van der Waals surface area contributed by atoms with E-state index in [0.29, 0.717) is 12.6 Å². The number of thiazole rings is 1. The number of hydrogen-bond donors (Lipinski definition) is 1. The van der Waals surface area contributed by atoms with Gasteiger partial charge in [-0.1, -0.05) is 6.92 Å². The van der Waals surface area contributed by atoms with Crippen molar-refractivity contribution in [2.75, 3.05) is 7.11 Å². The maximum Gasteiger partial charge on any atom is 0.144 e. The van der Waals surface area contributed by atoms with Gasteiger partial charge in [0.15, 0.2) is 0 Å². The molecule has 0 aliphatic carbocycles. The van der Waals surface area contributed by atoms with E-state index in [4.69, 9.17) is 4.74 Å². The third-order valence-corrected chi connectivity index (χ3v) is 4.19. The van der Waals surface area contributed by atoms with Crippen LogP contribution in [0.1, 0.15) is 30.8 Å². The predicted molar refractivity (Wildman–Crippen MR) is 80.4 cm³/mol. The zero-order valence-electron chi connectivity index (χ0n) is 12.1. The van der Waals surface area contributed by atoms with E-state index in [1.165, 1.54) is 4.88 Å². The largest absolute Gasteiger partial charge is 0.378 e. The molecule has 0 aliphatic rings. The lowest BCUT2D eigenvalue weighted by Crippen LogP contribution is -2.24. The summed E-state index contributed by atoms with van der Waals surface area (Å²) >= 11 is 1.65. The van der Waals surface area contributed by atoms with Gasteiger partial charge in [0.2, 0.25) is 0 Å². The fourth-order valence-electron chi connectivity index (χ4n) is 1.70. The highest BCUT2D eigenvalue weighted by molar-refractivity contribution is 7.15. The zero-order chi connectivity index (χ0) is 14.4. The molecule has 0 amide bonds. The van der Waals surface area contributed by atoms with Crippen LogP contribution in [-0.2, 0) is 17.9 Å². The quantitative estimate of drug-likeness (QED) is 0.850. The second kappa shape index (κ2) is 7.42. The average molecular weight is 292 g/mol. The second-order valence-corrected chi connectivity index (χ2v) is 5.69. The molecule has 1 N–H and O–H groups in total. The van der Waals surface area contributed by atoms with Crippen molar-refractivity contribution in [1.82, 2.24) is 20.3 Å². The van der Waals surface area contributed by atoms with E-state index in [2.05, 4.69) is 34.1 Å². The lowest BCUT2D eigenvalue weighted by atomic mass is 10.2. The molecular weight excluding hydrogens is 272 g/mol. The fourth-order valence-corrected chi connectivity index (χ4v) is 2.68. The Bertz CT molecular complexity index is 529. The van der Waals surface area contributed by atoms with Crippen LogP contribution in [0.5, 0.6) is 0 Å². The third-order valence-electron chi connectivity index (χ3n) is 3.07. The van der Waals surface area contributed by atoms with Crippen LogP contribution in [0.15, 0.2) is 18.6 Å². The summed E-state index contributed by atoms with van der Waals surface area (Å²) in [6.07, 6.45) is 6.19. The molecule has 108 valence electrons. The molecule has 0 bridgehead atoms. The summed E-state index contributed by atoms with van der Waals surface area (Å²) in [6, 6.07) is 0.493. The average Bonchev–Trinajstić information content (AvgIpc) is 2.89. The highest BCUT2D eigenvalue weighted by Crippen LogP contribution is 2.26. The lowest BCUT2D eigenvalue weighted by molar-refractivity contribution is 0.181. The minimum atomic E-state index is 0.493. The van der Waals surface area contributed by atoms with Crippen LogP contribution in [0.4, 0.5) is 0 Å². The minimum absolute atomic E-state index is 0.493. The molecule has 0 saturated carbocycles. The van der Waals surface area contributed by atoms with Gasteiger partial charge in [-0.2, -0.15) is 0 Å².